The summed E-state index contributed by atoms with van der Waals surface area (Å²) >= 11 is 3.35. The first-order valence-corrected chi connectivity index (χ1v) is 8.35. The molecule has 0 aliphatic carbocycles. The summed E-state index contributed by atoms with van der Waals surface area (Å²) in [6, 6.07) is 14.0. The molecular formula is C18H20BrN3O2. The molecule has 2 amide bonds. The normalized spacial score (nSPS) is 10.5. The first-order chi connectivity index (χ1) is 11.5. The third-order valence-corrected chi connectivity index (χ3v) is 3.86. The lowest BCUT2D eigenvalue weighted by Gasteiger charge is -2.11. The molecule has 5 nitrogen and oxygen atoms in total. The molecule has 0 heterocycles. The van der Waals surface area contributed by atoms with Crippen LogP contribution in [0.3, 0.4) is 0 Å². The van der Waals surface area contributed by atoms with E-state index in [1.54, 1.807) is 36.4 Å². The van der Waals surface area contributed by atoms with Crippen molar-refractivity contribution >= 4 is 33.4 Å². The first-order valence-electron chi connectivity index (χ1n) is 7.55. The van der Waals surface area contributed by atoms with Gasteiger partial charge in [0, 0.05) is 34.4 Å². The summed E-state index contributed by atoms with van der Waals surface area (Å²) in [4.78, 5) is 26.4. The number of hydrogen-bond acceptors (Lipinski definition) is 3. The molecule has 0 atom stereocenters. The van der Waals surface area contributed by atoms with Crippen molar-refractivity contribution < 1.29 is 9.59 Å². The highest BCUT2D eigenvalue weighted by molar-refractivity contribution is 9.10. The summed E-state index contributed by atoms with van der Waals surface area (Å²) in [5, 5.41) is 5.65. The van der Waals surface area contributed by atoms with Gasteiger partial charge in [-0.05, 0) is 56.6 Å². The lowest BCUT2D eigenvalue weighted by Crippen LogP contribution is -2.31. The van der Waals surface area contributed by atoms with Crippen LogP contribution in [-0.2, 0) is 0 Å². The molecule has 0 saturated carbocycles. The Morgan fingerprint density at radius 3 is 2.25 bits per heavy atom. The standard InChI is InChI=1S/C18H20BrN3O2/c1-22(2)11-10-20-17(23)13-4-3-5-14(12-13)18(24)21-16-8-6-15(19)7-9-16/h3-9,12H,10-11H2,1-2H3,(H,20,23)(H,21,24). The van der Waals surface area contributed by atoms with Crippen LogP contribution in [0.25, 0.3) is 0 Å². The van der Waals surface area contributed by atoms with Crippen LogP contribution < -0.4 is 10.6 Å². The molecule has 0 aromatic heterocycles. The van der Waals surface area contributed by atoms with Gasteiger partial charge in [0.05, 0.1) is 0 Å². The Labute approximate surface area is 150 Å². The predicted molar refractivity (Wildman–Crippen MR) is 99.4 cm³/mol. The van der Waals surface area contributed by atoms with E-state index in [1.807, 2.05) is 31.1 Å². The summed E-state index contributed by atoms with van der Waals surface area (Å²) in [6.45, 7) is 1.32. The summed E-state index contributed by atoms with van der Waals surface area (Å²) in [5.41, 5.74) is 1.61. The van der Waals surface area contributed by atoms with Gasteiger partial charge in [0.1, 0.15) is 0 Å². The quantitative estimate of drug-likeness (QED) is 0.797. The van der Waals surface area contributed by atoms with Gasteiger partial charge in [0.2, 0.25) is 0 Å². The molecule has 0 unspecified atom stereocenters. The van der Waals surface area contributed by atoms with Gasteiger partial charge < -0.3 is 15.5 Å². The van der Waals surface area contributed by atoms with Crippen LogP contribution in [0, 0.1) is 0 Å². The van der Waals surface area contributed by atoms with Gasteiger partial charge in [0.15, 0.2) is 0 Å². The maximum atomic E-state index is 12.3. The van der Waals surface area contributed by atoms with E-state index in [-0.39, 0.29) is 11.8 Å². The van der Waals surface area contributed by atoms with Crippen molar-refractivity contribution in [3.05, 3.63) is 64.1 Å². The molecule has 2 N–H and O–H groups in total. The van der Waals surface area contributed by atoms with Gasteiger partial charge in [-0.1, -0.05) is 22.0 Å². The second-order valence-electron chi connectivity index (χ2n) is 5.60. The summed E-state index contributed by atoms with van der Waals surface area (Å²) in [7, 11) is 3.89. The van der Waals surface area contributed by atoms with Crippen LogP contribution in [0.5, 0.6) is 0 Å². The molecule has 126 valence electrons. The third-order valence-electron chi connectivity index (χ3n) is 3.33. The zero-order valence-corrected chi connectivity index (χ0v) is 15.3. The summed E-state index contributed by atoms with van der Waals surface area (Å²) < 4.78 is 0.942. The fourth-order valence-corrected chi connectivity index (χ4v) is 2.30. The fraction of sp³-hybridized carbons (Fsp3) is 0.222. The number of benzene rings is 2. The van der Waals surface area contributed by atoms with Crippen molar-refractivity contribution in [2.45, 2.75) is 0 Å². The van der Waals surface area contributed by atoms with E-state index in [9.17, 15) is 9.59 Å². The molecular weight excluding hydrogens is 370 g/mol. The first kappa shape index (κ1) is 18.2. The zero-order valence-electron chi connectivity index (χ0n) is 13.7. The molecule has 0 radical (unpaired) electrons. The molecule has 0 fully saturated rings. The Balaban J connectivity index is 2.02. The fourth-order valence-electron chi connectivity index (χ4n) is 2.03. The number of rotatable bonds is 6. The van der Waals surface area contributed by atoms with Crippen LogP contribution in [-0.4, -0.2) is 43.9 Å². The molecule has 0 spiro atoms. The minimum atomic E-state index is -0.250. The number of halogens is 1. The van der Waals surface area contributed by atoms with Gasteiger partial charge in [-0.25, -0.2) is 0 Å². The number of carbonyl (C=O) groups is 2. The number of likely N-dealkylation sites (N-methyl/N-ethyl adjacent to an activating group) is 1. The molecule has 0 aliphatic heterocycles. The van der Waals surface area contributed by atoms with E-state index in [0.29, 0.717) is 23.4 Å². The van der Waals surface area contributed by atoms with Gasteiger partial charge >= 0.3 is 0 Å². The van der Waals surface area contributed by atoms with Gasteiger partial charge in [-0.15, -0.1) is 0 Å². The molecule has 6 heteroatoms. The Hall–Kier alpha value is -2.18. The largest absolute Gasteiger partial charge is 0.351 e. The second kappa shape index (κ2) is 8.61. The average Bonchev–Trinajstić information content (AvgIpc) is 2.56. The van der Waals surface area contributed by atoms with E-state index < -0.39 is 0 Å². The van der Waals surface area contributed by atoms with E-state index in [4.69, 9.17) is 0 Å². The van der Waals surface area contributed by atoms with Crippen LogP contribution in [0.1, 0.15) is 20.7 Å². The van der Waals surface area contributed by atoms with Gasteiger partial charge in [-0.2, -0.15) is 0 Å². The molecule has 24 heavy (non-hydrogen) atoms. The number of nitrogens with zero attached hydrogens (tertiary/aromatic N) is 1. The van der Waals surface area contributed by atoms with Crippen LogP contribution >= 0.6 is 15.9 Å². The highest BCUT2D eigenvalue weighted by atomic mass is 79.9. The average molecular weight is 390 g/mol. The monoisotopic (exact) mass is 389 g/mol. The van der Waals surface area contributed by atoms with Crippen LogP contribution in [0.4, 0.5) is 5.69 Å². The predicted octanol–water partition coefficient (Wildman–Crippen LogP) is 2.99. The van der Waals surface area contributed by atoms with Crippen molar-refractivity contribution in [1.82, 2.24) is 10.2 Å². The van der Waals surface area contributed by atoms with Crippen LogP contribution in [0.2, 0.25) is 0 Å². The van der Waals surface area contributed by atoms with Crippen LogP contribution in [0.15, 0.2) is 53.0 Å². The smallest absolute Gasteiger partial charge is 0.255 e. The highest BCUT2D eigenvalue weighted by Gasteiger charge is 2.10. The number of hydrogen-bond donors (Lipinski definition) is 2. The van der Waals surface area contributed by atoms with Crippen molar-refractivity contribution in [2.75, 3.05) is 32.5 Å². The maximum Gasteiger partial charge on any atom is 0.255 e. The molecule has 0 saturated heterocycles. The van der Waals surface area contributed by atoms with E-state index >= 15 is 0 Å². The van der Waals surface area contributed by atoms with E-state index in [2.05, 4.69) is 26.6 Å². The Bertz CT molecular complexity index is 714. The second-order valence-corrected chi connectivity index (χ2v) is 6.52. The highest BCUT2D eigenvalue weighted by Crippen LogP contribution is 2.15. The third kappa shape index (κ3) is 5.47. The summed E-state index contributed by atoms with van der Waals surface area (Å²) in [5.74, 6) is -0.435. The lowest BCUT2D eigenvalue weighted by molar-refractivity contribution is 0.0951. The number of anilines is 1. The Kier molecular flexibility index (Phi) is 6.52. The molecule has 0 aliphatic rings. The maximum absolute atomic E-state index is 12.3. The molecule has 2 aromatic carbocycles. The minimum Gasteiger partial charge on any atom is -0.351 e. The van der Waals surface area contributed by atoms with Crippen molar-refractivity contribution in [1.29, 1.82) is 0 Å². The minimum absolute atomic E-state index is 0.185. The number of nitrogens with one attached hydrogen (secondary N) is 2. The van der Waals surface area contributed by atoms with E-state index in [1.165, 1.54) is 0 Å². The van der Waals surface area contributed by atoms with E-state index in [0.717, 1.165) is 11.0 Å². The topological polar surface area (TPSA) is 61.4 Å². The van der Waals surface area contributed by atoms with Gasteiger partial charge in [0.25, 0.3) is 11.8 Å². The summed E-state index contributed by atoms with van der Waals surface area (Å²) in [6.07, 6.45) is 0. The lowest BCUT2D eigenvalue weighted by atomic mass is 10.1. The SMILES string of the molecule is CN(C)CCNC(=O)c1cccc(C(=O)Nc2ccc(Br)cc2)c1. The number of amides is 2. The van der Waals surface area contributed by atoms with Gasteiger partial charge in [-0.3, -0.25) is 9.59 Å². The molecule has 2 rings (SSSR count). The van der Waals surface area contributed by atoms with Crippen molar-refractivity contribution in [3.63, 3.8) is 0 Å². The Morgan fingerprint density at radius 2 is 1.62 bits per heavy atom. The molecule has 2 aromatic rings. The van der Waals surface area contributed by atoms with Crippen molar-refractivity contribution in [2.24, 2.45) is 0 Å². The zero-order chi connectivity index (χ0) is 17.5. The number of carbonyl (C=O) groups excluding carboxylic acids is 2. The van der Waals surface area contributed by atoms with Crippen molar-refractivity contribution in [3.8, 4) is 0 Å². The Morgan fingerprint density at radius 1 is 1.00 bits per heavy atom. The molecule has 0 bridgehead atoms.